The third-order valence-electron chi connectivity index (χ3n) is 2.57. The number of carboxylic acid groups (broad SMARTS) is 1. The second-order valence-corrected chi connectivity index (χ2v) is 4.27. The Bertz CT molecular complexity index is 637. The van der Waals surface area contributed by atoms with Gasteiger partial charge in [0.05, 0.1) is 7.05 Å². The molecule has 0 saturated heterocycles. The van der Waals surface area contributed by atoms with Crippen LogP contribution in [0.5, 0.6) is 0 Å². The first-order valence-electron chi connectivity index (χ1n) is 6.15. The van der Waals surface area contributed by atoms with Crippen LogP contribution in [0.1, 0.15) is 12.0 Å². The first kappa shape index (κ1) is 14.4. The van der Waals surface area contributed by atoms with Gasteiger partial charge in [-0.3, -0.25) is 10.1 Å². The number of benzene rings is 1. The van der Waals surface area contributed by atoms with Gasteiger partial charge in [-0.1, -0.05) is 17.2 Å². The van der Waals surface area contributed by atoms with Crippen LogP contribution in [0, 0.1) is 0 Å². The van der Waals surface area contributed by atoms with Crippen molar-refractivity contribution < 1.29 is 14.7 Å². The molecule has 2 aromatic rings. The number of anilines is 2. The molecule has 2 rings (SSSR count). The molecule has 0 atom stereocenters. The molecule has 9 heteroatoms. The van der Waals surface area contributed by atoms with Crippen LogP contribution in [0.3, 0.4) is 0 Å². The normalized spacial score (nSPS) is 10.1. The Hall–Kier alpha value is -2.97. The van der Waals surface area contributed by atoms with Gasteiger partial charge in [0.15, 0.2) is 0 Å². The van der Waals surface area contributed by atoms with Crippen LogP contribution < -0.4 is 10.6 Å². The molecule has 21 heavy (non-hydrogen) atoms. The molecule has 2 amide bonds. The Morgan fingerprint density at radius 1 is 1.24 bits per heavy atom. The number of carbonyl (C=O) groups is 2. The fraction of sp³-hybridized carbons (Fsp3) is 0.250. The summed E-state index contributed by atoms with van der Waals surface area (Å²) in [5, 5.41) is 24.7. The summed E-state index contributed by atoms with van der Waals surface area (Å²) >= 11 is 0. The van der Waals surface area contributed by atoms with Gasteiger partial charge in [0.1, 0.15) is 0 Å². The lowest BCUT2D eigenvalue weighted by atomic mass is 10.1. The maximum Gasteiger partial charge on any atom is 0.326 e. The lowest BCUT2D eigenvalue weighted by molar-refractivity contribution is -0.136. The van der Waals surface area contributed by atoms with Gasteiger partial charge in [-0.2, -0.15) is 4.80 Å². The van der Waals surface area contributed by atoms with E-state index in [4.69, 9.17) is 5.11 Å². The van der Waals surface area contributed by atoms with E-state index in [0.29, 0.717) is 12.1 Å². The van der Waals surface area contributed by atoms with Crippen molar-refractivity contribution in [1.82, 2.24) is 20.2 Å². The molecule has 0 spiro atoms. The van der Waals surface area contributed by atoms with Crippen molar-refractivity contribution in [1.29, 1.82) is 0 Å². The average molecular weight is 290 g/mol. The molecule has 0 aliphatic carbocycles. The van der Waals surface area contributed by atoms with Crippen LogP contribution in [-0.2, 0) is 18.3 Å². The van der Waals surface area contributed by atoms with Crippen molar-refractivity contribution in [2.24, 2.45) is 7.05 Å². The maximum absolute atomic E-state index is 11.7. The van der Waals surface area contributed by atoms with Crippen molar-refractivity contribution in [2.75, 3.05) is 10.6 Å². The van der Waals surface area contributed by atoms with Gasteiger partial charge >= 0.3 is 12.0 Å². The summed E-state index contributed by atoms with van der Waals surface area (Å²) in [5.74, 6) is -0.735. The monoisotopic (exact) mass is 290 g/mol. The number of carboxylic acids is 1. The number of nitrogens with zero attached hydrogens (tertiary/aromatic N) is 4. The molecule has 0 saturated carbocycles. The van der Waals surface area contributed by atoms with Gasteiger partial charge in [0.25, 0.3) is 5.95 Å². The lowest BCUT2D eigenvalue weighted by Crippen LogP contribution is -2.20. The molecule has 3 N–H and O–H groups in total. The summed E-state index contributed by atoms with van der Waals surface area (Å²) in [7, 11) is 1.59. The van der Waals surface area contributed by atoms with Crippen LogP contribution in [-0.4, -0.2) is 37.3 Å². The van der Waals surface area contributed by atoms with Crippen molar-refractivity contribution in [3.05, 3.63) is 29.8 Å². The molecule has 0 fully saturated rings. The topological polar surface area (TPSA) is 122 Å². The van der Waals surface area contributed by atoms with E-state index in [1.54, 1.807) is 31.3 Å². The van der Waals surface area contributed by atoms with Gasteiger partial charge in [0, 0.05) is 12.1 Å². The highest BCUT2D eigenvalue weighted by Crippen LogP contribution is 2.11. The fourth-order valence-corrected chi connectivity index (χ4v) is 1.60. The van der Waals surface area contributed by atoms with E-state index >= 15 is 0 Å². The minimum Gasteiger partial charge on any atom is -0.481 e. The Labute approximate surface area is 120 Å². The highest BCUT2D eigenvalue weighted by atomic mass is 16.4. The van der Waals surface area contributed by atoms with E-state index < -0.39 is 12.0 Å². The summed E-state index contributed by atoms with van der Waals surface area (Å²) in [6.45, 7) is 0. The van der Waals surface area contributed by atoms with Crippen molar-refractivity contribution in [3.63, 3.8) is 0 Å². The zero-order valence-corrected chi connectivity index (χ0v) is 11.3. The standard InChI is InChI=1S/C12H14N6O3/c1-18-16-11(15-17-18)14-12(21)13-9-5-2-8(3-6-9)4-7-10(19)20/h2-3,5-6H,4,7H2,1H3,(H,19,20)(H2,13,14,16,21). The second kappa shape index (κ2) is 6.46. The average Bonchev–Trinajstić information content (AvgIpc) is 2.83. The number of urea groups is 1. The van der Waals surface area contributed by atoms with Crippen LogP contribution in [0.4, 0.5) is 16.4 Å². The second-order valence-electron chi connectivity index (χ2n) is 4.27. The summed E-state index contributed by atoms with van der Waals surface area (Å²) < 4.78 is 0. The quantitative estimate of drug-likeness (QED) is 0.751. The molecule has 0 bridgehead atoms. The summed E-state index contributed by atoms with van der Waals surface area (Å²) in [5.41, 5.74) is 1.47. The highest BCUT2D eigenvalue weighted by Gasteiger charge is 2.06. The Kier molecular flexibility index (Phi) is 4.44. The lowest BCUT2D eigenvalue weighted by Gasteiger charge is -2.05. The van der Waals surface area contributed by atoms with Gasteiger partial charge < -0.3 is 10.4 Å². The Morgan fingerprint density at radius 3 is 2.52 bits per heavy atom. The number of carbonyl (C=O) groups excluding carboxylic acids is 1. The molecule has 9 nitrogen and oxygen atoms in total. The fourth-order valence-electron chi connectivity index (χ4n) is 1.60. The van der Waals surface area contributed by atoms with Crippen molar-refractivity contribution >= 4 is 23.6 Å². The van der Waals surface area contributed by atoms with E-state index in [9.17, 15) is 9.59 Å². The molecule has 0 radical (unpaired) electrons. The third-order valence-corrected chi connectivity index (χ3v) is 2.57. The van der Waals surface area contributed by atoms with E-state index in [1.165, 1.54) is 4.80 Å². The van der Waals surface area contributed by atoms with Crippen LogP contribution in [0.25, 0.3) is 0 Å². The minimum atomic E-state index is -0.840. The maximum atomic E-state index is 11.7. The van der Waals surface area contributed by atoms with Crippen LogP contribution >= 0.6 is 0 Å². The highest BCUT2D eigenvalue weighted by molar-refractivity contribution is 5.98. The molecule has 0 unspecified atom stereocenters. The number of nitrogens with one attached hydrogen (secondary N) is 2. The van der Waals surface area contributed by atoms with Crippen molar-refractivity contribution in [3.8, 4) is 0 Å². The molecule has 110 valence electrons. The Balaban J connectivity index is 1.87. The smallest absolute Gasteiger partial charge is 0.326 e. The van der Waals surface area contributed by atoms with E-state index in [-0.39, 0.29) is 12.4 Å². The number of aromatic nitrogens is 4. The summed E-state index contributed by atoms with van der Waals surface area (Å²) in [4.78, 5) is 23.4. The number of aliphatic carboxylic acids is 1. The summed E-state index contributed by atoms with van der Waals surface area (Å²) in [6, 6.07) is 6.43. The molecule has 1 aromatic carbocycles. The van der Waals surface area contributed by atoms with Gasteiger partial charge in [-0.25, -0.2) is 4.79 Å². The van der Waals surface area contributed by atoms with Crippen molar-refractivity contribution in [2.45, 2.75) is 12.8 Å². The number of hydrogen-bond donors (Lipinski definition) is 3. The number of tetrazole rings is 1. The molecule has 0 aliphatic heterocycles. The minimum absolute atomic E-state index is 0.0750. The first-order chi connectivity index (χ1) is 10.0. The molecule has 1 aromatic heterocycles. The van der Waals surface area contributed by atoms with E-state index in [1.807, 2.05) is 0 Å². The molecule has 1 heterocycles. The number of amides is 2. The van der Waals surface area contributed by atoms with E-state index in [0.717, 1.165) is 5.56 Å². The van der Waals surface area contributed by atoms with Gasteiger partial charge in [0.2, 0.25) is 0 Å². The van der Waals surface area contributed by atoms with Gasteiger partial charge in [-0.05, 0) is 29.3 Å². The Morgan fingerprint density at radius 2 is 1.95 bits per heavy atom. The number of rotatable bonds is 5. The largest absolute Gasteiger partial charge is 0.481 e. The zero-order chi connectivity index (χ0) is 15.2. The number of hydrogen-bond acceptors (Lipinski definition) is 5. The van der Waals surface area contributed by atoms with Crippen LogP contribution in [0.2, 0.25) is 0 Å². The van der Waals surface area contributed by atoms with E-state index in [2.05, 4.69) is 26.0 Å². The third kappa shape index (κ3) is 4.56. The SMILES string of the molecule is Cn1nnc(NC(=O)Nc2ccc(CCC(=O)O)cc2)n1. The first-order valence-corrected chi connectivity index (χ1v) is 6.15. The molecular formula is C12H14N6O3. The number of aryl methyl sites for hydroxylation is 2. The molecule has 0 aliphatic rings. The van der Waals surface area contributed by atoms with Gasteiger partial charge in [-0.15, -0.1) is 5.10 Å². The predicted octanol–water partition coefficient (Wildman–Crippen LogP) is 0.871. The predicted molar refractivity (Wildman–Crippen MR) is 73.8 cm³/mol. The summed E-state index contributed by atoms with van der Waals surface area (Å²) in [6.07, 6.45) is 0.525. The zero-order valence-electron chi connectivity index (χ0n) is 11.3. The van der Waals surface area contributed by atoms with Crippen LogP contribution in [0.15, 0.2) is 24.3 Å². The molecular weight excluding hydrogens is 276 g/mol.